The lowest BCUT2D eigenvalue weighted by atomic mass is 9.90. The maximum Gasteiger partial charge on any atom is 0.336 e. The Hall–Kier alpha value is -4.67. The summed E-state index contributed by atoms with van der Waals surface area (Å²) in [6.07, 6.45) is 19.0. The molecule has 2 amide bonds. The summed E-state index contributed by atoms with van der Waals surface area (Å²) in [6, 6.07) is 17.3. The minimum absolute atomic E-state index is 0.103. The van der Waals surface area contributed by atoms with Gasteiger partial charge in [0.25, 0.3) is 0 Å². The number of rotatable bonds is 15. The number of carboxylic acid groups (broad SMARTS) is 1. The highest BCUT2D eigenvalue weighted by molar-refractivity contribution is 14.1. The average Bonchev–Trinajstić information content (AvgIpc) is 3.24. The molecular weight excluding hydrogens is 970 g/mol. The number of benzene rings is 3. The molecule has 1 aliphatic heterocycles. The number of carbonyl (C=O) groups excluding carboxylic acids is 3. The molecule has 2 aromatic carbocycles. The SMILES string of the molecule is C#CCC1CCC=CC1=O.C#CCCCCNC(=O)CI.CCN(CC)c1ccc2c(-c3ccc(NC(=O)CI)cc3C(=O)O)c3ccc(=[N+](CC)CC)cc-3oc2c1. The Bertz CT molecular complexity index is 2220. The van der Waals surface area contributed by atoms with Crippen LogP contribution >= 0.6 is 45.2 Å². The van der Waals surface area contributed by atoms with Crippen LogP contribution < -0.4 is 25.5 Å². The first kappa shape index (κ1) is 48.7. The smallest absolute Gasteiger partial charge is 0.336 e. The van der Waals surface area contributed by atoms with Gasteiger partial charge >= 0.3 is 5.97 Å². The minimum Gasteiger partial charge on any atom is -0.478 e. The number of carboxylic acids is 1. The fourth-order valence-electron chi connectivity index (χ4n) is 6.69. The Morgan fingerprint density at radius 3 is 2.24 bits per heavy atom. The molecule has 0 fully saturated rings. The van der Waals surface area contributed by atoms with Crippen LogP contribution in [0.3, 0.4) is 0 Å². The number of hydrogen-bond donors (Lipinski definition) is 3. The van der Waals surface area contributed by atoms with Crippen molar-refractivity contribution >= 4 is 91.1 Å². The number of aromatic carboxylic acids is 1. The third-order valence-electron chi connectivity index (χ3n) is 9.79. The third-order valence-corrected chi connectivity index (χ3v) is 11.2. The minimum atomic E-state index is -1.06. The summed E-state index contributed by atoms with van der Waals surface area (Å²) in [6.45, 7) is 12.7. The summed E-state index contributed by atoms with van der Waals surface area (Å²) in [5.41, 5.74) is 4.50. The number of hydrogen-bond acceptors (Lipinski definition) is 6. The Balaban J connectivity index is 0.000000361. The van der Waals surface area contributed by atoms with E-state index >= 15 is 0 Å². The largest absolute Gasteiger partial charge is 0.478 e. The molecule has 2 aromatic rings. The van der Waals surface area contributed by atoms with E-state index in [0.717, 1.165) is 92.4 Å². The van der Waals surface area contributed by atoms with Crippen LogP contribution in [-0.4, -0.2) is 70.3 Å². The van der Waals surface area contributed by atoms with Gasteiger partial charge in [-0.2, -0.15) is 0 Å². The zero-order valence-corrected chi connectivity index (χ0v) is 38.7. The van der Waals surface area contributed by atoms with E-state index in [1.165, 1.54) is 6.07 Å². The normalized spacial score (nSPS) is 12.9. The van der Waals surface area contributed by atoms with Gasteiger partial charge in [-0.15, -0.1) is 24.7 Å². The molecule has 59 heavy (non-hydrogen) atoms. The van der Waals surface area contributed by atoms with Crippen LogP contribution in [0.2, 0.25) is 0 Å². The molecule has 2 aliphatic carbocycles. The summed E-state index contributed by atoms with van der Waals surface area (Å²) in [5, 5.41) is 17.6. The highest BCUT2D eigenvalue weighted by Crippen LogP contribution is 2.42. The lowest BCUT2D eigenvalue weighted by Crippen LogP contribution is -2.29. The van der Waals surface area contributed by atoms with Gasteiger partial charge in [0.15, 0.2) is 5.78 Å². The number of unbranched alkanes of at least 4 members (excludes halogenated alkanes) is 2. The van der Waals surface area contributed by atoms with Gasteiger partial charge in [-0.25, -0.2) is 9.37 Å². The van der Waals surface area contributed by atoms with E-state index in [1.54, 1.807) is 18.2 Å². The van der Waals surface area contributed by atoms with E-state index in [2.05, 4.69) is 71.8 Å². The molecule has 12 heteroatoms. The van der Waals surface area contributed by atoms with Gasteiger partial charge in [0.2, 0.25) is 17.2 Å². The molecular formula is C47H55I2N4O6+. The van der Waals surface area contributed by atoms with Crippen molar-refractivity contribution in [3.05, 3.63) is 77.7 Å². The van der Waals surface area contributed by atoms with Crippen molar-refractivity contribution in [3.63, 3.8) is 0 Å². The second-order valence-corrected chi connectivity index (χ2v) is 15.1. The van der Waals surface area contributed by atoms with Crippen molar-refractivity contribution in [1.82, 2.24) is 9.89 Å². The van der Waals surface area contributed by atoms with E-state index < -0.39 is 5.97 Å². The zero-order chi connectivity index (χ0) is 43.3. The molecule has 1 atom stereocenters. The van der Waals surface area contributed by atoms with E-state index in [4.69, 9.17) is 17.3 Å². The number of nitrogens with one attached hydrogen (secondary N) is 2. The van der Waals surface area contributed by atoms with Crippen LogP contribution in [0, 0.1) is 30.6 Å². The maximum absolute atomic E-state index is 12.5. The molecule has 1 heterocycles. The Morgan fingerprint density at radius 1 is 0.915 bits per heavy atom. The number of carbonyl (C=O) groups is 4. The van der Waals surface area contributed by atoms with E-state index in [1.807, 2.05) is 75.5 Å². The van der Waals surface area contributed by atoms with Crippen molar-refractivity contribution in [2.75, 3.05) is 51.8 Å². The molecule has 0 aromatic heterocycles. The van der Waals surface area contributed by atoms with Gasteiger partial charge in [0.1, 0.15) is 24.4 Å². The molecule has 312 valence electrons. The number of allylic oxidation sites excluding steroid dienone is 2. The van der Waals surface area contributed by atoms with Crippen LogP contribution in [0.4, 0.5) is 11.4 Å². The van der Waals surface area contributed by atoms with Gasteiger partial charge in [-0.05, 0) is 95.3 Å². The monoisotopic (exact) mass is 1030 g/mol. The molecule has 3 aliphatic rings. The second-order valence-electron chi connectivity index (χ2n) is 13.6. The second kappa shape index (κ2) is 25.7. The van der Waals surface area contributed by atoms with Gasteiger partial charge in [0.05, 0.1) is 20.5 Å². The Morgan fingerprint density at radius 2 is 1.63 bits per heavy atom. The Kier molecular flexibility index (Phi) is 21.2. The Labute approximate surface area is 375 Å². The first-order valence-corrected chi connectivity index (χ1v) is 23.0. The van der Waals surface area contributed by atoms with Crippen molar-refractivity contribution in [2.24, 2.45) is 5.92 Å². The standard InChI is InChI=1S/C30H32IN3O4.C9H10O.C8H12INO/c1-5-33(6-2)20-10-13-23-26(16-20)38-27-17-21(34(7-3)8-4)11-14-24(27)29(23)22-12-9-19(32-28(35)18-31)15-25(22)30(36)37;1-2-5-8-6-3-4-7-9(8)10;1-2-3-4-5-6-10-8(11)7-9/h9-17H,5-8,18H2,1-4H3,(H,36,37);1,4,7-8H,3,5-6H2;1H,3-7H2,(H,10,11)/p+1. The molecule has 0 saturated heterocycles. The molecule has 3 N–H and O–H groups in total. The lowest BCUT2D eigenvalue weighted by molar-refractivity contribution is -0.119. The number of alkyl halides is 2. The number of anilines is 2. The van der Waals surface area contributed by atoms with E-state index in [0.29, 0.717) is 33.4 Å². The van der Waals surface area contributed by atoms with Crippen molar-refractivity contribution in [2.45, 2.75) is 66.2 Å². The van der Waals surface area contributed by atoms with Crippen LogP contribution in [0.25, 0.3) is 33.4 Å². The summed E-state index contributed by atoms with van der Waals surface area (Å²) in [7, 11) is 0. The van der Waals surface area contributed by atoms with Gasteiger partial charge in [0, 0.05) is 78.4 Å². The predicted molar refractivity (Wildman–Crippen MR) is 258 cm³/mol. The number of ketones is 1. The first-order chi connectivity index (χ1) is 28.5. The van der Waals surface area contributed by atoms with Gasteiger partial charge in [-0.1, -0.05) is 57.3 Å². The van der Waals surface area contributed by atoms with E-state index in [9.17, 15) is 24.3 Å². The predicted octanol–water partition coefficient (Wildman–Crippen LogP) is 8.82. The zero-order valence-electron chi connectivity index (χ0n) is 34.4. The topological polar surface area (TPSA) is 132 Å². The van der Waals surface area contributed by atoms with Gasteiger partial charge < -0.3 is 25.1 Å². The number of nitrogens with zero attached hydrogens (tertiary/aromatic N) is 2. The summed E-state index contributed by atoms with van der Waals surface area (Å²) < 4.78 is 9.56. The summed E-state index contributed by atoms with van der Waals surface area (Å²) >= 11 is 4.01. The van der Waals surface area contributed by atoms with Crippen LogP contribution in [0.1, 0.15) is 76.6 Å². The fourth-order valence-corrected chi connectivity index (χ4v) is 7.15. The number of halogens is 2. The van der Waals surface area contributed by atoms with Crippen molar-refractivity contribution < 1.29 is 28.7 Å². The quantitative estimate of drug-likeness (QED) is 0.0271. The molecule has 0 spiro atoms. The highest BCUT2D eigenvalue weighted by Gasteiger charge is 2.23. The number of amides is 2. The number of terminal acetylenes is 2. The molecule has 10 nitrogen and oxygen atoms in total. The molecule has 1 unspecified atom stereocenters. The van der Waals surface area contributed by atoms with E-state index in [-0.39, 0.29) is 33.5 Å². The van der Waals surface area contributed by atoms with Crippen LogP contribution in [0.5, 0.6) is 0 Å². The van der Waals surface area contributed by atoms with Crippen molar-refractivity contribution in [1.29, 1.82) is 0 Å². The molecule has 5 rings (SSSR count). The fraction of sp³-hybridized carbons (Fsp3) is 0.383. The van der Waals surface area contributed by atoms with Crippen LogP contribution in [-0.2, 0) is 14.4 Å². The molecule has 0 saturated carbocycles. The summed E-state index contributed by atoms with van der Waals surface area (Å²) in [4.78, 5) is 48.4. The van der Waals surface area contributed by atoms with Crippen LogP contribution in [0.15, 0.2) is 71.2 Å². The van der Waals surface area contributed by atoms with Crippen molar-refractivity contribution in [3.8, 4) is 47.1 Å². The third kappa shape index (κ3) is 14.2. The molecule has 0 bridgehead atoms. The maximum atomic E-state index is 12.5. The summed E-state index contributed by atoms with van der Waals surface area (Å²) in [5.74, 6) is 4.92. The van der Waals surface area contributed by atoms with Gasteiger partial charge in [-0.3, -0.25) is 14.4 Å². The highest BCUT2D eigenvalue weighted by atomic mass is 127. The number of fused-ring (bicyclic) bond motifs is 2. The molecule has 0 radical (unpaired) electrons. The lowest BCUT2D eigenvalue weighted by Gasteiger charge is -2.22. The average molecular weight is 1030 g/mol. The first-order valence-electron chi connectivity index (χ1n) is 20.0.